The largest absolute Gasteiger partial charge is 0.431 e. The number of rotatable bonds is 10. The summed E-state index contributed by atoms with van der Waals surface area (Å²) in [6, 6.07) is 0. The zero-order valence-corrected chi connectivity index (χ0v) is 32.4. The van der Waals surface area contributed by atoms with Crippen LogP contribution in [0.5, 0.6) is 0 Å². The molecular formula is C41H66O12. The monoisotopic (exact) mass is 750 g/mol. The highest BCUT2D eigenvalue weighted by molar-refractivity contribution is 5.76. The van der Waals surface area contributed by atoms with Gasteiger partial charge in [-0.15, -0.1) is 0 Å². The standard InChI is InChI=1S/C41H66O12/c1-7-22(20(2)3)9-8-21(4)26-12-13-27-25-11-10-23-18-24(14-16-40(23,5)28(25)15-17-41(26,27)6)50-38-35(48)32(45)33(46)36(52-38)37(49)53-39-34(47)31(44)30(43)29(19-42)51-39/h8-10,20-22,24-36,38-39,42-48H,7,11-19H2,1-6H3/b9-8+/t21-,22-,24+,25+,26-,27+,28+,29-,30-,31+,32+,33+,34-,35-,36+,38-,39+,40+,41-/m1/s1. The molecule has 2 saturated heterocycles. The molecule has 5 fully saturated rings. The van der Waals surface area contributed by atoms with Crippen LogP contribution in [0.1, 0.15) is 99.3 Å². The first-order valence-electron chi connectivity index (χ1n) is 20.3. The van der Waals surface area contributed by atoms with E-state index in [2.05, 4.69) is 59.8 Å². The highest BCUT2D eigenvalue weighted by Crippen LogP contribution is 2.67. The molecule has 2 aliphatic heterocycles. The molecule has 302 valence electrons. The minimum Gasteiger partial charge on any atom is -0.431 e. The van der Waals surface area contributed by atoms with E-state index >= 15 is 0 Å². The van der Waals surface area contributed by atoms with Crippen LogP contribution in [0.3, 0.4) is 0 Å². The predicted octanol–water partition coefficient (Wildman–Crippen LogP) is 2.98. The molecule has 4 aliphatic carbocycles. The van der Waals surface area contributed by atoms with E-state index in [1.807, 2.05) is 0 Å². The third kappa shape index (κ3) is 7.56. The molecule has 6 aliphatic rings. The molecule has 2 heterocycles. The second-order valence-electron chi connectivity index (χ2n) is 18.1. The van der Waals surface area contributed by atoms with Gasteiger partial charge in [-0.25, -0.2) is 4.79 Å². The average molecular weight is 751 g/mol. The molecule has 0 spiro atoms. The number of fused-ring (bicyclic) bond motifs is 5. The van der Waals surface area contributed by atoms with E-state index in [0.717, 1.165) is 12.8 Å². The lowest BCUT2D eigenvalue weighted by Gasteiger charge is -2.58. The van der Waals surface area contributed by atoms with Crippen molar-refractivity contribution < 1.29 is 59.5 Å². The van der Waals surface area contributed by atoms with Gasteiger partial charge in [0.25, 0.3) is 0 Å². The van der Waals surface area contributed by atoms with E-state index in [-0.39, 0.29) is 11.5 Å². The molecule has 7 N–H and O–H groups in total. The summed E-state index contributed by atoms with van der Waals surface area (Å²) in [4.78, 5) is 13.1. The van der Waals surface area contributed by atoms with E-state index in [4.69, 9.17) is 18.9 Å². The maximum absolute atomic E-state index is 13.1. The van der Waals surface area contributed by atoms with Crippen molar-refractivity contribution in [1.82, 2.24) is 0 Å². The van der Waals surface area contributed by atoms with Crippen LogP contribution in [0.4, 0.5) is 0 Å². The third-order valence-electron chi connectivity index (χ3n) is 15.0. The van der Waals surface area contributed by atoms with E-state index in [1.165, 1.54) is 37.7 Å². The number of hydrogen-bond acceptors (Lipinski definition) is 12. The molecule has 19 atom stereocenters. The first-order valence-corrected chi connectivity index (χ1v) is 20.3. The van der Waals surface area contributed by atoms with Gasteiger partial charge in [-0.05, 0) is 110 Å². The van der Waals surface area contributed by atoms with Crippen molar-refractivity contribution in [2.75, 3.05) is 6.61 Å². The van der Waals surface area contributed by atoms with Gasteiger partial charge in [0.1, 0.15) is 42.7 Å². The number of aliphatic hydroxyl groups is 7. The predicted molar refractivity (Wildman–Crippen MR) is 194 cm³/mol. The molecule has 53 heavy (non-hydrogen) atoms. The Kier molecular flexibility index (Phi) is 12.6. The fraction of sp³-hybridized carbons (Fsp3) is 0.878. The normalized spacial score (nSPS) is 48.4. The number of carbonyl (C=O) groups excluding carboxylic acids is 1. The van der Waals surface area contributed by atoms with Gasteiger partial charge in [-0.2, -0.15) is 0 Å². The lowest BCUT2D eigenvalue weighted by atomic mass is 9.47. The van der Waals surface area contributed by atoms with Crippen LogP contribution in [-0.4, -0.2) is 116 Å². The van der Waals surface area contributed by atoms with Crippen LogP contribution in [0.15, 0.2) is 23.8 Å². The van der Waals surface area contributed by atoms with E-state index in [0.29, 0.717) is 59.7 Å². The van der Waals surface area contributed by atoms with Crippen LogP contribution >= 0.6 is 0 Å². The van der Waals surface area contributed by atoms with Gasteiger partial charge in [-0.1, -0.05) is 65.3 Å². The summed E-state index contributed by atoms with van der Waals surface area (Å²) < 4.78 is 22.4. The molecule has 12 heteroatoms. The molecule has 0 unspecified atom stereocenters. The van der Waals surface area contributed by atoms with Crippen molar-refractivity contribution in [2.45, 2.75) is 167 Å². The third-order valence-corrected chi connectivity index (χ3v) is 15.0. The summed E-state index contributed by atoms with van der Waals surface area (Å²) in [7, 11) is 0. The Morgan fingerprint density at radius 3 is 2.25 bits per heavy atom. The molecular weight excluding hydrogens is 684 g/mol. The Morgan fingerprint density at radius 1 is 0.868 bits per heavy atom. The van der Waals surface area contributed by atoms with Gasteiger partial charge >= 0.3 is 5.97 Å². The van der Waals surface area contributed by atoms with E-state index in [1.54, 1.807) is 0 Å². The van der Waals surface area contributed by atoms with Crippen molar-refractivity contribution >= 4 is 5.97 Å². The smallest absolute Gasteiger partial charge is 0.340 e. The topological polar surface area (TPSA) is 196 Å². The summed E-state index contributed by atoms with van der Waals surface area (Å²) >= 11 is 0. The zero-order chi connectivity index (χ0) is 38.6. The Morgan fingerprint density at radius 2 is 1.57 bits per heavy atom. The summed E-state index contributed by atoms with van der Waals surface area (Å²) in [6.07, 6.45) is -0.459. The zero-order valence-electron chi connectivity index (χ0n) is 32.4. The number of hydrogen-bond donors (Lipinski definition) is 7. The van der Waals surface area contributed by atoms with Crippen molar-refractivity contribution in [3.8, 4) is 0 Å². The summed E-state index contributed by atoms with van der Waals surface area (Å²) in [5.74, 6) is 3.25. The number of allylic oxidation sites excluding steroid dienone is 3. The maximum Gasteiger partial charge on any atom is 0.340 e. The van der Waals surface area contributed by atoms with Crippen LogP contribution < -0.4 is 0 Å². The number of carbonyl (C=O) groups is 1. The van der Waals surface area contributed by atoms with Gasteiger partial charge in [0.2, 0.25) is 6.29 Å². The quantitative estimate of drug-likeness (QED) is 0.128. The van der Waals surface area contributed by atoms with Crippen molar-refractivity contribution in [3.63, 3.8) is 0 Å². The first kappa shape index (κ1) is 41.2. The average Bonchev–Trinajstić information content (AvgIpc) is 3.49. The highest BCUT2D eigenvalue weighted by atomic mass is 16.7. The minimum atomic E-state index is -1.89. The van der Waals surface area contributed by atoms with Crippen LogP contribution in [-0.2, 0) is 23.7 Å². The lowest BCUT2D eigenvalue weighted by Crippen LogP contribution is -2.63. The molecule has 12 nitrogen and oxygen atoms in total. The molecule has 3 saturated carbocycles. The van der Waals surface area contributed by atoms with Gasteiger partial charge < -0.3 is 54.7 Å². The van der Waals surface area contributed by atoms with E-state index < -0.39 is 74.0 Å². The highest BCUT2D eigenvalue weighted by Gasteiger charge is 2.59. The molecule has 6 rings (SSSR count). The molecule has 0 amide bonds. The van der Waals surface area contributed by atoms with Crippen LogP contribution in [0.2, 0.25) is 0 Å². The van der Waals surface area contributed by atoms with Crippen LogP contribution in [0, 0.1) is 52.3 Å². The summed E-state index contributed by atoms with van der Waals surface area (Å²) in [6.45, 7) is 13.6. The fourth-order valence-corrected chi connectivity index (χ4v) is 11.6. The van der Waals surface area contributed by atoms with Gasteiger partial charge in [0, 0.05) is 0 Å². The summed E-state index contributed by atoms with van der Waals surface area (Å²) in [5.41, 5.74) is 1.74. The number of esters is 1. The Labute approximate surface area is 314 Å². The van der Waals surface area contributed by atoms with Gasteiger partial charge in [0.05, 0.1) is 12.7 Å². The Hall–Kier alpha value is -1.45. The molecule has 0 aromatic rings. The second-order valence-corrected chi connectivity index (χ2v) is 18.1. The first-order chi connectivity index (χ1) is 25.0. The Balaban J connectivity index is 1.09. The van der Waals surface area contributed by atoms with E-state index in [9.17, 15) is 40.5 Å². The number of aliphatic hydroxyl groups excluding tert-OH is 7. The summed E-state index contributed by atoms with van der Waals surface area (Å²) in [5, 5.41) is 72.1. The van der Waals surface area contributed by atoms with Crippen molar-refractivity contribution in [2.24, 2.45) is 52.3 Å². The van der Waals surface area contributed by atoms with Crippen LogP contribution in [0.25, 0.3) is 0 Å². The number of ether oxygens (including phenoxy) is 4. The molecule has 0 bridgehead atoms. The minimum absolute atomic E-state index is 0.0405. The molecule has 0 radical (unpaired) electrons. The maximum atomic E-state index is 13.1. The molecule has 0 aromatic heterocycles. The fourth-order valence-electron chi connectivity index (χ4n) is 11.6. The van der Waals surface area contributed by atoms with Gasteiger partial charge in [0.15, 0.2) is 12.4 Å². The van der Waals surface area contributed by atoms with Crippen molar-refractivity contribution in [1.29, 1.82) is 0 Å². The Bertz CT molecular complexity index is 1340. The second kappa shape index (κ2) is 16.2. The SMILES string of the molecule is CC[C@H](/C=C/[C@@H](C)[C@H]1CC[C@H]2[C@@H]3CC=C4C[C@@H](O[C@@H]5O[C@H](C(=O)O[C@@H]6O[C@H](CO)[C@@H](O)[C@H](O)[C@H]6O)[C@@H](O)[C@H](O)[C@H]5O)CC[C@]4(C)[C@H]3CC[C@]12C)C(C)C. The van der Waals surface area contributed by atoms with Gasteiger partial charge in [-0.3, -0.25) is 0 Å². The van der Waals surface area contributed by atoms with Crippen molar-refractivity contribution in [3.05, 3.63) is 23.8 Å². The lowest BCUT2D eigenvalue weighted by molar-refractivity contribution is -0.321. The molecule has 0 aromatic carbocycles.